The standard InChI is InChI=1S/C7H12N6O/c8-2-1(7(12)13)6(14)5(11)4(10)3(2)9/h14H,8-11H2,(H3,12,13). The van der Waals surface area contributed by atoms with Crippen LogP contribution in [-0.4, -0.2) is 10.9 Å². The maximum atomic E-state index is 9.49. The molecule has 1 rings (SSSR count). The Balaban J connectivity index is 3.68. The monoisotopic (exact) mass is 196 g/mol. The first-order valence-corrected chi connectivity index (χ1v) is 3.67. The summed E-state index contributed by atoms with van der Waals surface area (Å²) in [6.45, 7) is 0. The summed E-state index contributed by atoms with van der Waals surface area (Å²) in [4.78, 5) is 0. The molecule has 0 radical (unpaired) electrons. The van der Waals surface area contributed by atoms with Crippen molar-refractivity contribution in [1.82, 2.24) is 0 Å². The molecular weight excluding hydrogens is 184 g/mol. The van der Waals surface area contributed by atoms with Gasteiger partial charge in [-0.15, -0.1) is 0 Å². The van der Waals surface area contributed by atoms with Crippen molar-refractivity contribution < 1.29 is 5.11 Å². The van der Waals surface area contributed by atoms with Gasteiger partial charge in [0.05, 0.1) is 22.6 Å². The summed E-state index contributed by atoms with van der Waals surface area (Å²) in [5.74, 6) is -0.833. The predicted molar refractivity (Wildman–Crippen MR) is 56.8 cm³/mol. The van der Waals surface area contributed by atoms with Crippen LogP contribution in [0.1, 0.15) is 5.56 Å². The Labute approximate surface area is 80.0 Å². The fourth-order valence-electron chi connectivity index (χ4n) is 1.09. The molecule has 0 amide bonds. The van der Waals surface area contributed by atoms with Crippen molar-refractivity contribution in [3.05, 3.63) is 5.56 Å². The highest BCUT2D eigenvalue weighted by atomic mass is 16.3. The molecule has 0 spiro atoms. The second kappa shape index (κ2) is 2.87. The summed E-state index contributed by atoms with van der Waals surface area (Å²) in [7, 11) is 0. The van der Waals surface area contributed by atoms with Gasteiger partial charge in [0.1, 0.15) is 11.5 Å². The third-order valence-electron chi connectivity index (χ3n) is 1.90. The van der Waals surface area contributed by atoms with Gasteiger partial charge in [-0.25, -0.2) is 0 Å². The molecule has 0 aliphatic carbocycles. The number of nitrogens with one attached hydrogen (secondary N) is 1. The molecule has 0 heterocycles. The highest BCUT2D eigenvalue weighted by Gasteiger charge is 2.18. The second-order valence-corrected chi connectivity index (χ2v) is 2.79. The van der Waals surface area contributed by atoms with Crippen molar-refractivity contribution >= 4 is 28.6 Å². The summed E-state index contributed by atoms with van der Waals surface area (Å²) < 4.78 is 0. The van der Waals surface area contributed by atoms with E-state index in [1.165, 1.54) is 0 Å². The van der Waals surface area contributed by atoms with Gasteiger partial charge in [0.15, 0.2) is 5.75 Å². The number of anilines is 4. The van der Waals surface area contributed by atoms with Crippen LogP contribution < -0.4 is 28.7 Å². The summed E-state index contributed by atoms with van der Waals surface area (Å²) >= 11 is 0. The van der Waals surface area contributed by atoms with Crippen molar-refractivity contribution in [3.63, 3.8) is 0 Å². The van der Waals surface area contributed by atoms with Crippen LogP contribution >= 0.6 is 0 Å². The number of amidine groups is 1. The minimum Gasteiger partial charge on any atom is -0.505 e. The molecule has 0 aliphatic heterocycles. The fraction of sp³-hybridized carbons (Fsp3) is 0. The van der Waals surface area contributed by atoms with E-state index in [-0.39, 0.29) is 28.3 Å². The van der Waals surface area contributed by atoms with E-state index in [1.54, 1.807) is 0 Å². The van der Waals surface area contributed by atoms with Gasteiger partial charge in [-0.3, -0.25) is 5.41 Å². The second-order valence-electron chi connectivity index (χ2n) is 2.79. The van der Waals surface area contributed by atoms with E-state index in [9.17, 15) is 5.11 Å². The maximum absolute atomic E-state index is 9.49. The summed E-state index contributed by atoms with van der Waals surface area (Å²) in [6.07, 6.45) is 0. The first kappa shape index (κ1) is 9.78. The molecule has 0 fully saturated rings. The lowest BCUT2D eigenvalue weighted by Crippen LogP contribution is -2.17. The molecule has 0 bridgehead atoms. The summed E-state index contributed by atoms with van der Waals surface area (Å²) in [6, 6.07) is 0. The van der Waals surface area contributed by atoms with Crippen molar-refractivity contribution in [3.8, 4) is 5.75 Å². The average molecular weight is 196 g/mol. The highest BCUT2D eigenvalue weighted by Crippen LogP contribution is 2.40. The van der Waals surface area contributed by atoms with E-state index in [1.807, 2.05) is 0 Å². The Morgan fingerprint density at radius 1 is 0.929 bits per heavy atom. The first-order chi connectivity index (χ1) is 6.37. The minimum atomic E-state index is -0.418. The van der Waals surface area contributed by atoms with E-state index >= 15 is 0 Å². The zero-order valence-corrected chi connectivity index (χ0v) is 7.33. The van der Waals surface area contributed by atoms with E-state index in [4.69, 9.17) is 34.1 Å². The molecule has 0 saturated heterocycles. The molecule has 76 valence electrons. The lowest BCUT2D eigenvalue weighted by atomic mass is 10.1. The van der Waals surface area contributed by atoms with Gasteiger partial charge in [-0.1, -0.05) is 0 Å². The molecule has 1 aromatic carbocycles. The number of nitrogens with two attached hydrogens (primary N) is 5. The predicted octanol–water partition coefficient (Wildman–Crippen LogP) is -0.995. The fourth-order valence-corrected chi connectivity index (χ4v) is 1.09. The molecule has 7 heteroatoms. The number of benzene rings is 1. The Morgan fingerprint density at radius 2 is 1.36 bits per heavy atom. The van der Waals surface area contributed by atoms with E-state index in [2.05, 4.69) is 0 Å². The normalized spacial score (nSPS) is 10.0. The maximum Gasteiger partial charge on any atom is 0.153 e. The lowest BCUT2D eigenvalue weighted by molar-refractivity contribution is 0.477. The molecule has 0 unspecified atom stereocenters. The number of hydrogen-bond acceptors (Lipinski definition) is 6. The molecule has 12 N–H and O–H groups in total. The largest absolute Gasteiger partial charge is 0.505 e. The smallest absolute Gasteiger partial charge is 0.153 e. The van der Waals surface area contributed by atoms with Crippen LogP contribution in [0.2, 0.25) is 0 Å². The minimum absolute atomic E-state index is 0.00926. The number of hydrogen-bond donors (Lipinski definition) is 7. The summed E-state index contributed by atoms with van der Waals surface area (Å²) in [5, 5.41) is 16.7. The van der Waals surface area contributed by atoms with Gasteiger partial charge in [-0.05, 0) is 0 Å². The highest BCUT2D eigenvalue weighted by molar-refractivity contribution is 6.09. The third kappa shape index (κ3) is 1.11. The lowest BCUT2D eigenvalue weighted by Gasteiger charge is -2.14. The Morgan fingerprint density at radius 3 is 1.79 bits per heavy atom. The number of aromatic hydroxyl groups is 1. The molecule has 7 nitrogen and oxygen atoms in total. The summed E-state index contributed by atoms with van der Waals surface area (Å²) in [5.41, 5.74) is 26.8. The first-order valence-electron chi connectivity index (χ1n) is 3.67. The van der Waals surface area contributed by atoms with Crippen LogP contribution in [0, 0.1) is 5.41 Å². The molecule has 0 atom stereocenters. The van der Waals surface area contributed by atoms with Crippen molar-refractivity contribution in [2.75, 3.05) is 22.9 Å². The molecule has 0 aliphatic rings. The Bertz CT molecular complexity index is 384. The van der Waals surface area contributed by atoms with Crippen LogP contribution in [0.15, 0.2) is 0 Å². The van der Waals surface area contributed by atoms with Gasteiger partial charge in [0.25, 0.3) is 0 Å². The molecule has 0 saturated carbocycles. The van der Waals surface area contributed by atoms with Crippen LogP contribution in [0.3, 0.4) is 0 Å². The average Bonchev–Trinajstić information content (AvgIpc) is 2.11. The van der Waals surface area contributed by atoms with Crippen LogP contribution in [0.4, 0.5) is 22.7 Å². The zero-order chi connectivity index (χ0) is 11.0. The van der Waals surface area contributed by atoms with Crippen molar-refractivity contribution in [1.29, 1.82) is 5.41 Å². The van der Waals surface area contributed by atoms with E-state index in [0.29, 0.717) is 0 Å². The number of nitrogen functional groups attached to an aromatic ring is 5. The zero-order valence-electron chi connectivity index (χ0n) is 7.33. The Kier molecular flexibility index (Phi) is 2.01. The van der Waals surface area contributed by atoms with Gasteiger partial charge < -0.3 is 33.8 Å². The van der Waals surface area contributed by atoms with Crippen LogP contribution in [0.25, 0.3) is 0 Å². The van der Waals surface area contributed by atoms with E-state index in [0.717, 1.165) is 0 Å². The van der Waals surface area contributed by atoms with Crippen LogP contribution in [-0.2, 0) is 0 Å². The Hall–Kier alpha value is -2.31. The third-order valence-corrected chi connectivity index (χ3v) is 1.90. The number of phenolic OH excluding ortho intramolecular Hbond substituents is 1. The van der Waals surface area contributed by atoms with Crippen molar-refractivity contribution in [2.24, 2.45) is 5.73 Å². The van der Waals surface area contributed by atoms with E-state index < -0.39 is 11.6 Å². The SMILES string of the molecule is N=C(N)c1c(N)c(N)c(N)c(N)c1O. The quantitative estimate of drug-likeness (QED) is 0.0996. The number of phenols is 1. The topological polar surface area (TPSA) is 174 Å². The number of rotatable bonds is 1. The van der Waals surface area contributed by atoms with Crippen molar-refractivity contribution in [2.45, 2.75) is 0 Å². The molecular formula is C7H12N6O. The van der Waals surface area contributed by atoms with Gasteiger partial charge >= 0.3 is 0 Å². The molecule has 14 heavy (non-hydrogen) atoms. The van der Waals surface area contributed by atoms with Gasteiger partial charge in [0, 0.05) is 0 Å². The van der Waals surface area contributed by atoms with Crippen LogP contribution in [0.5, 0.6) is 5.75 Å². The van der Waals surface area contributed by atoms with Gasteiger partial charge in [-0.2, -0.15) is 0 Å². The molecule has 0 aromatic heterocycles. The van der Waals surface area contributed by atoms with Gasteiger partial charge in [0.2, 0.25) is 0 Å². The molecule has 1 aromatic rings.